The van der Waals surface area contributed by atoms with Crippen molar-refractivity contribution >= 4 is 5.97 Å². The second-order valence-corrected chi connectivity index (χ2v) is 5.44. The van der Waals surface area contributed by atoms with Gasteiger partial charge in [0.05, 0.1) is 0 Å². The van der Waals surface area contributed by atoms with Crippen LogP contribution in [0.5, 0.6) is 5.75 Å². The molecule has 1 aromatic carbocycles. The Hall–Kier alpha value is -1.55. The third kappa shape index (κ3) is 2.89. The van der Waals surface area contributed by atoms with Crippen LogP contribution >= 0.6 is 0 Å². The third-order valence-electron chi connectivity index (χ3n) is 3.86. The van der Waals surface area contributed by atoms with E-state index in [1.54, 1.807) is 7.05 Å². The fourth-order valence-electron chi connectivity index (χ4n) is 2.82. The van der Waals surface area contributed by atoms with Gasteiger partial charge in [-0.15, -0.1) is 0 Å². The van der Waals surface area contributed by atoms with E-state index in [4.69, 9.17) is 4.74 Å². The Kier molecular flexibility index (Phi) is 3.80. The zero-order valence-corrected chi connectivity index (χ0v) is 11.7. The highest BCUT2D eigenvalue weighted by Crippen LogP contribution is 2.33. The number of aryl methyl sites for hydroxylation is 2. The smallest absolute Gasteiger partial charge is 0.324 e. The lowest BCUT2D eigenvalue weighted by Gasteiger charge is -2.23. The van der Waals surface area contributed by atoms with Crippen LogP contribution in [0.2, 0.25) is 0 Å². The molecule has 2 unspecified atom stereocenters. The number of carboxylic acid groups (broad SMARTS) is 1. The maximum absolute atomic E-state index is 11.3. The van der Waals surface area contributed by atoms with Gasteiger partial charge in [0.15, 0.2) is 0 Å². The number of rotatable bonds is 4. The molecule has 1 fully saturated rings. The molecule has 1 aromatic rings. The molecule has 0 saturated heterocycles. The highest BCUT2D eigenvalue weighted by molar-refractivity contribution is 5.79. The summed E-state index contributed by atoms with van der Waals surface area (Å²) >= 11 is 0. The highest BCUT2D eigenvalue weighted by Gasteiger charge is 2.45. The van der Waals surface area contributed by atoms with Gasteiger partial charge in [0, 0.05) is 6.42 Å². The first kappa shape index (κ1) is 13.9. The van der Waals surface area contributed by atoms with Crippen molar-refractivity contribution in [2.75, 3.05) is 7.05 Å². The zero-order valence-electron chi connectivity index (χ0n) is 11.7. The number of carbonyl (C=O) groups is 1. The summed E-state index contributed by atoms with van der Waals surface area (Å²) < 4.78 is 5.94. The van der Waals surface area contributed by atoms with E-state index in [1.165, 1.54) is 0 Å². The first-order chi connectivity index (χ1) is 8.95. The van der Waals surface area contributed by atoms with Gasteiger partial charge in [-0.3, -0.25) is 4.79 Å². The van der Waals surface area contributed by atoms with Gasteiger partial charge in [0.2, 0.25) is 0 Å². The van der Waals surface area contributed by atoms with Crippen LogP contribution < -0.4 is 10.1 Å². The minimum Gasteiger partial charge on any atom is -0.490 e. The van der Waals surface area contributed by atoms with E-state index in [-0.39, 0.29) is 6.10 Å². The quantitative estimate of drug-likeness (QED) is 0.875. The Bertz CT molecular complexity index is 466. The van der Waals surface area contributed by atoms with Gasteiger partial charge in [-0.2, -0.15) is 0 Å². The minimum atomic E-state index is -0.830. The molecule has 0 aliphatic heterocycles. The molecule has 2 N–H and O–H groups in total. The maximum Gasteiger partial charge on any atom is 0.324 e. The minimum absolute atomic E-state index is 0.0373. The van der Waals surface area contributed by atoms with Crippen LogP contribution in [-0.2, 0) is 4.79 Å². The average molecular weight is 263 g/mol. The fourth-order valence-corrected chi connectivity index (χ4v) is 2.82. The number of ether oxygens (including phenoxy) is 1. The van der Waals surface area contributed by atoms with Gasteiger partial charge in [-0.25, -0.2) is 0 Å². The summed E-state index contributed by atoms with van der Waals surface area (Å²) in [5.41, 5.74) is 1.49. The van der Waals surface area contributed by atoms with Crippen LogP contribution in [0, 0.1) is 13.8 Å². The summed E-state index contributed by atoms with van der Waals surface area (Å²) in [6.07, 6.45) is 1.84. The lowest BCUT2D eigenvalue weighted by molar-refractivity contribution is -0.144. The molecular weight excluding hydrogens is 242 g/mol. The van der Waals surface area contributed by atoms with E-state index in [2.05, 4.69) is 11.4 Å². The highest BCUT2D eigenvalue weighted by atomic mass is 16.5. The van der Waals surface area contributed by atoms with Crippen molar-refractivity contribution in [1.29, 1.82) is 0 Å². The molecule has 2 rings (SSSR count). The van der Waals surface area contributed by atoms with Crippen molar-refractivity contribution in [2.24, 2.45) is 0 Å². The van der Waals surface area contributed by atoms with Crippen molar-refractivity contribution in [3.63, 3.8) is 0 Å². The predicted molar refractivity (Wildman–Crippen MR) is 73.6 cm³/mol. The topological polar surface area (TPSA) is 58.6 Å². The van der Waals surface area contributed by atoms with Gasteiger partial charge in [-0.05, 0) is 57.0 Å². The van der Waals surface area contributed by atoms with Crippen molar-refractivity contribution in [3.05, 3.63) is 29.3 Å². The molecule has 0 heterocycles. The summed E-state index contributed by atoms with van der Waals surface area (Å²) in [6, 6.07) is 6.08. The molecular formula is C15H21NO3. The maximum atomic E-state index is 11.3. The monoisotopic (exact) mass is 263 g/mol. The van der Waals surface area contributed by atoms with Gasteiger partial charge in [-0.1, -0.05) is 6.07 Å². The summed E-state index contributed by atoms with van der Waals surface area (Å²) in [5, 5.41) is 12.3. The van der Waals surface area contributed by atoms with Crippen LogP contribution in [0.3, 0.4) is 0 Å². The van der Waals surface area contributed by atoms with E-state index in [0.29, 0.717) is 12.8 Å². The molecule has 19 heavy (non-hydrogen) atoms. The van der Waals surface area contributed by atoms with E-state index >= 15 is 0 Å². The number of hydrogen-bond acceptors (Lipinski definition) is 3. The Morgan fingerprint density at radius 2 is 2.00 bits per heavy atom. The molecule has 0 spiro atoms. The number of carboxylic acids is 1. The molecule has 1 aliphatic carbocycles. The molecule has 4 heteroatoms. The number of likely N-dealkylation sites (N-methyl/N-ethyl adjacent to an activating group) is 1. The Labute approximate surface area is 113 Å². The van der Waals surface area contributed by atoms with Crippen LogP contribution in [0.4, 0.5) is 0 Å². The van der Waals surface area contributed by atoms with Crippen molar-refractivity contribution < 1.29 is 14.6 Å². The van der Waals surface area contributed by atoms with Crippen LogP contribution in [0.25, 0.3) is 0 Å². The number of hydrogen-bond donors (Lipinski definition) is 2. The van der Waals surface area contributed by atoms with E-state index in [9.17, 15) is 9.90 Å². The lowest BCUT2D eigenvalue weighted by Crippen LogP contribution is -2.48. The Morgan fingerprint density at radius 3 is 2.47 bits per heavy atom. The Morgan fingerprint density at radius 1 is 1.37 bits per heavy atom. The van der Waals surface area contributed by atoms with E-state index < -0.39 is 11.5 Å². The molecule has 2 atom stereocenters. The molecule has 0 bridgehead atoms. The van der Waals surface area contributed by atoms with Crippen molar-refractivity contribution in [1.82, 2.24) is 5.32 Å². The molecule has 0 aromatic heterocycles. The van der Waals surface area contributed by atoms with Crippen molar-refractivity contribution in [2.45, 2.75) is 44.8 Å². The standard InChI is InChI=1S/C15H21NO3/c1-10-6-11(2)8-13(7-10)19-12-4-5-15(9-12,16-3)14(17)18/h6-8,12,16H,4-5,9H2,1-3H3,(H,17,18). The van der Waals surface area contributed by atoms with Gasteiger partial charge in [0.25, 0.3) is 0 Å². The normalized spacial score (nSPS) is 26.4. The van der Waals surface area contributed by atoms with Crippen LogP contribution in [-0.4, -0.2) is 29.8 Å². The van der Waals surface area contributed by atoms with Gasteiger partial charge in [0.1, 0.15) is 17.4 Å². The zero-order chi connectivity index (χ0) is 14.0. The number of aliphatic carboxylic acids is 1. The van der Waals surface area contributed by atoms with Gasteiger partial charge < -0.3 is 15.2 Å². The summed E-state index contributed by atoms with van der Waals surface area (Å²) in [5.74, 6) is 0.0429. The van der Waals surface area contributed by atoms with E-state index in [0.717, 1.165) is 23.3 Å². The summed E-state index contributed by atoms with van der Waals surface area (Å²) in [6.45, 7) is 4.06. The third-order valence-corrected chi connectivity index (χ3v) is 3.86. The van der Waals surface area contributed by atoms with Crippen LogP contribution in [0.15, 0.2) is 18.2 Å². The van der Waals surface area contributed by atoms with Gasteiger partial charge >= 0.3 is 5.97 Å². The largest absolute Gasteiger partial charge is 0.490 e. The lowest BCUT2D eigenvalue weighted by atomic mass is 9.98. The summed E-state index contributed by atoms with van der Waals surface area (Å²) in [7, 11) is 1.70. The van der Waals surface area contributed by atoms with Crippen molar-refractivity contribution in [3.8, 4) is 5.75 Å². The first-order valence-electron chi connectivity index (χ1n) is 6.62. The molecule has 4 nitrogen and oxygen atoms in total. The fraction of sp³-hybridized carbons (Fsp3) is 0.533. The second kappa shape index (κ2) is 5.21. The molecule has 1 saturated carbocycles. The number of benzene rings is 1. The SMILES string of the molecule is CNC1(C(=O)O)CCC(Oc2cc(C)cc(C)c2)C1. The first-order valence-corrected chi connectivity index (χ1v) is 6.62. The molecule has 0 amide bonds. The molecule has 1 aliphatic rings. The second-order valence-electron chi connectivity index (χ2n) is 5.44. The average Bonchev–Trinajstić information content (AvgIpc) is 2.72. The predicted octanol–water partition coefficient (Wildman–Crippen LogP) is 2.28. The Balaban J connectivity index is 2.08. The molecule has 104 valence electrons. The molecule has 0 radical (unpaired) electrons. The van der Waals surface area contributed by atoms with Crippen LogP contribution in [0.1, 0.15) is 30.4 Å². The van der Waals surface area contributed by atoms with E-state index in [1.807, 2.05) is 26.0 Å². The summed E-state index contributed by atoms with van der Waals surface area (Å²) in [4.78, 5) is 11.3. The number of nitrogens with one attached hydrogen (secondary N) is 1.